The highest BCUT2D eigenvalue weighted by Gasteiger charge is 2.25. The van der Waals surface area contributed by atoms with Gasteiger partial charge in [-0.2, -0.15) is 0 Å². The molecule has 1 aliphatic rings. The number of rotatable bonds is 6. The van der Waals surface area contributed by atoms with Gasteiger partial charge in [0.2, 0.25) is 5.95 Å². The van der Waals surface area contributed by atoms with Crippen LogP contribution in [0.25, 0.3) is 0 Å². The molecule has 0 spiro atoms. The van der Waals surface area contributed by atoms with Crippen LogP contribution in [0.2, 0.25) is 0 Å². The third-order valence-electron chi connectivity index (χ3n) is 5.31. The number of hydrogen-bond donors (Lipinski definition) is 1. The molecule has 1 amide bonds. The Morgan fingerprint density at radius 3 is 1.93 bits per heavy atom. The van der Waals surface area contributed by atoms with Crippen molar-refractivity contribution < 1.29 is 10.1 Å². The van der Waals surface area contributed by atoms with E-state index in [0.29, 0.717) is 19.6 Å². The van der Waals surface area contributed by atoms with Crippen LogP contribution >= 0.6 is 0 Å². The van der Waals surface area contributed by atoms with Crippen LogP contribution in [0.15, 0.2) is 79.1 Å². The van der Waals surface area contributed by atoms with E-state index in [1.807, 2.05) is 47.4 Å². The van der Waals surface area contributed by atoms with E-state index in [1.54, 1.807) is 12.4 Å². The van der Waals surface area contributed by atoms with E-state index in [0.717, 1.165) is 19.0 Å². The van der Waals surface area contributed by atoms with Gasteiger partial charge in [-0.25, -0.2) is 9.97 Å². The summed E-state index contributed by atoms with van der Waals surface area (Å²) in [6.07, 6.45) is 3.50. The molecule has 0 saturated carbocycles. The molecule has 0 atom stereocenters. The van der Waals surface area contributed by atoms with Gasteiger partial charge < -0.3 is 15.1 Å². The van der Waals surface area contributed by atoms with Crippen LogP contribution in [0.5, 0.6) is 0 Å². The second-order valence-electron chi connectivity index (χ2n) is 7.16. The molecule has 1 fully saturated rings. The van der Waals surface area contributed by atoms with Gasteiger partial charge in [0.05, 0.1) is 0 Å². The number of nitrogens with zero attached hydrogens (tertiary/aromatic N) is 4. The van der Waals surface area contributed by atoms with Crippen LogP contribution in [0.3, 0.4) is 0 Å². The third kappa shape index (κ3) is 4.78. The number of carbonyl (C=O) groups is 1. The Kier molecular flexibility index (Phi) is 6.12. The lowest BCUT2D eigenvalue weighted by atomic mass is 9.99. The van der Waals surface area contributed by atoms with Gasteiger partial charge in [-0.1, -0.05) is 60.7 Å². The monoisotopic (exact) mass is 388 g/mol. The first kappa shape index (κ1) is 19.1. The molecule has 1 saturated heterocycles. The van der Waals surface area contributed by atoms with Crippen molar-refractivity contribution in [1.82, 2.24) is 14.9 Å². The number of nitrogens with two attached hydrogens (primary N) is 1. The molecule has 1 aromatic heterocycles. The molecule has 0 aliphatic carbocycles. The summed E-state index contributed by atoms with van der Waals surface area (Å²) in [5, 5.41) is 2.14. The SMILES string of the molecule is O=C(C[NH2+]C(c1ccccc1)c1ccccc1)N1CCN(c2ncccn2)CC1. The lowest BCUT2D eigenvalue weighted by molar-refractivity contribution is -0.677. The van der Waals surface area contributed by atoms with Crippen LogP contribution in [0, 0.1) is 0 Å². The minimum Gasteiger partial charge on any atom is -0.337 e. The van der Waals surface area contributed by atoms with Crippen molar-refractivity contribution in [2.45, 2.75) is 6.04 Å². The molecule has 6 nitrogen and oxygen atoms in total. The number of aromatic nitrogens is 2. The largest absolute Gasteiger partial charge is 0.337 e. The first-order valence-corrected chi connectivity index (χ1v) is 10.0. The predicted octanol–water partition coefficient (Wildman–Crippen LogP) is 1.48. The molecule has 0 bridgehead atoms. The van der Waals surface area contributed by atoms with E-state index in [1.165, 1.54) is 11.1 Å². The van der Waals surface area contributed by atoms with E-state index in [2.05, 4.69) is 44.5 Å². The zero-order valence-electron chi connectivity index (χ0n) is 16.4. The van der Waals surface area contributed by atoms with Gasteiger partial charge in [0.1, 0.15) is 6.04 Å². The normalized spacial score (nSPS) is 14.2. The molecule has 29 heavy (non-hydrogen) atoms. The van der Waals surface area contributed by atoms with Gasteiger partial charge in [0.15, 0.2) is 6.54 Å². The molecule has 4 rings (SSSR count). The van der Waals surface area contributed by atoms with Crippen LogP contribution in [0.1, 0.15) is 17.2 Å². The highest BCUT2D eigenvalue weighted by Crippen LogP contribution is 2.17. The van der Waals surface area contributed by atoms with Crippen molar-refractivity contribution in [3.63, 3.8) is 0 Å². The molecule has 2 heterocycles. The van der Waals surface area contributed by atoms with Gasteiger partial charge in [-0.05, 0) is 6.07 Å². The van der Waals surface area contributed by atoms with Crippen LogP contribution in [-0.2, 0) is 4.79 Å². The summed E-state index contributed by atoms with van der Waals surface area (Å²) in [4.78, 5) is 25.5. The fourth-order valence-electron chi connectivity index (χ4n) is 3.74. The minimum absolute atomic E-state index is 0.111. The maximum atomic E-state index is 12.9. The molecule has 0 unspecified atom stereocenters. The number of amides is 1. The van der Waals surface area contributed by atoms with E-state index in [4.69, 9.17) is 0 Å². The number of benzene rings is 2. The molecular weight excluding hydrogens is 362 g/mol. The van der Waals surface area contributed by atoms with Crippen LogP contribution in [-0.4, -0.2) is 53.5 Å². The molecule has 0 radical (unpaired) electrons. The second-order valence-corrected chi connectivity index (χ2v) is 7.16. The average molecular weight is 388 g/mol. The summed E-state index contributed by atoms with van der Waals surface area (Å²) >= 11 is 0. The summed E-state index contributed by atoms with van der Waals surface area (Å²) in [7, 11) is 0. The van der Waals surface area contributed by atoms with Gasteiger partial charge in [-0.3, -0.25) is 4.79 Å². The first-order chi connectivity index (χ1) is 14.3. The van der Waals surface area contributed by atoms with E-state index >= 15 is 0 Å². The van der Waals surface area contributed by atoms with Crippen molar-refractivity contribution in [1.29, 1.82) is 0 Å². The van der Waals surface area contributed by atoms with E-state index < -0.39 is 0 Å². The Balaban J connectivity index is 1.36. The summed E-state index contributed by atoms with van der Waals surface area (Å²) in [6.45, 7) is 3.35. The Hall–Kier alpha value is -3.25. The third-order valence-corrected chi connectivity index (χ3v) is 5.31. The predicted molar refractivity (Wildman–Crippen MR) is 112 cm³/mol. The fourth-order valence-corrected chi connectivity index (χ4v) is 3.74. The summed E-state index contributed by atoms with van der Waals surface area (Å²) in [6, 6.07) is 22.6. The highest BCUT2D eigenvalue weighted by molar-refractivity contribution is 5.77. The van der Waals surface area contributed by atoms with Crippen LogP contribution < -0.4 is 10.2 Å². The summed E-state index contributed by atoms with van der Waals surface area (Å²) in [5.41, 5.74) is 2.41. The number of carbonyl (C=O) groups excluding carboxylic acids is 1. The Bertz CT molecular complexity index is 857. The van der Waals surface area contributed by atoms with Crippen LogP contribution in [0.4, 0.5) is 5.95 Å². The topological polar surface area (TPSA) is 65.9 Å². The molecule has 2 N–H and O–H groups in total. The number of anilines is 1. The Morgan fingerprint density at radius 2 is 1.38 bits per heavy atom. The zero-order valence-corrected chi connectivity index (χ0v) is 16.4. The van der Waals surface area contributed by atoms with Crippen molar-refractivity contribution >= 4 is 11.9 Å². The minimum atomic E-state index is 0.111. The quantitative estimate of drug-likeness (QED) is 0.695. The number of hydrogen-bond acceptors (Lipinski definition) is 4. The van der Waals surface area contributed by atoms with Gasteiger partial charge in [0, 0.05) is 49.7 Å². The zero-order chi connectivity index (χ0) is 19.9. The maximum absolute atomic E-state index is 12.9. The lowest BCUT2D eigenvalue weighted by Crippen LogP contribution is -2.88. The Labute approximate surface area is 171 Å². The van der Waals surface area contributed by atoms with E-state index in [9.17, 15) is 4.79 Å². The molecule has 3 aromatic rings. The molecule has 2 aromatic carbocycles. The second kappa shape index (κ2) is 9.30. The molecule has 6 heteroatoms. The van der Waals surface area contributed by atoms with Gasteiger partial charge >= 0.3 is 0 Å². The Morgan fingerprint density at radius 1 is 0.828 bits per heavy atom. The average Bonchev–Trinajstić information content (AvgIpc) is 2.81. The van der Waals surface area contributed by atoms with Gasteiger partial charge in [-0.15, -0.1) is 0 Å². The van der Waals surface area contributed by atoms with Crippen molar-refractivity contribution in [2.75, 3.05) is 37.6 Å². The van der Waals surface area contributed by atoms with E-state index in [-0.39, 0.29) is 11.9 Å². The van der Waals surface area contributed by atoms with Crippen molar-refractivity contribution in [2.24, 2.45) is 0 Å². The number of piperazine rings is 1. The smallest absolute Gasteiger partial charge is 0.277 e. The fraction of sp³-hybridized carbons (Fsp3) is 0.261. The molecular formula is C23H26N5O+. The molecule has 1 aliphatic heterocycles. The van der Waals surface area contributed by atoms with Crippen molar-refractivity contribution in [3.8, 4) is 0 Å². The summed E-state index contributed by atoms with van der Waals surface area (Å²) in [5.74, 6) is 0.912. The standard InChI is InChI=1S/C23H25N5O/c29-21(27-14-16-28(17-15-27)23-24-12-7-13-25-23)18-26-22(19-8-3-1-4-9-19)20-10-5-2-6-11-20/h1-13,22,26H,14-18H2/p+1. The maximum Gasteiger partial charge on any atom is 0.277 e. The van der Waals surface area contributed by atoms with Gasteiger partial charge in [0.25, 0.3) is 5.91 Å². The summed E-state index contributed by atoms with van der Waals surface area (Å²) < 4.78 is 0. The number of quaternary nitrogens is 1. The van der Waals surface area contributed by atoms with Crippen molar-refractivity contribution in [3.05, 3.63) is 90.3 Å². The first-order valence-electron chi connectivity index (χ1n) is 10.0. The highest BCUT2D eigenvalue weighted by atomic mass is 16.2. The molecule has 148 valence electrons. The lowest BCUT2D eigenvalue weighted by Gasteiger charge is -2.34.